The normalized spacial score (nSPS) is 10.0. The molecule has 0 unspecified atom stereocenters. The highest BCUT2D eigenvalue weighted by molar-refractivity contribution is 6.32. The molecule has 0 aliphatic carbocycles. The van der Waals surface area contributed by atoms with Crippen molar-refractivity contribution in [3.63, 3.8) is 0 Å². The standard InChI is InChI=1S/C12H15Cl2NO3/c1-3-18-12-9(14)4-8(5-10(12)17-2)7-15-11(16)6-13/h4-5H,3,6-7H2,1-2H3,(H,15,16). The van der Waals surface area contributed by atoms with Crippen molar-refractivity contribution in [3.8, 4) is 11.5 Å². The molecule has 1 rings (SSSR count). The lowest BCUT2D eigenvalue weighted by Gasteiger charge is -2.13. The van der Waals surface area contributed by atoms with Crippen molar-refractivity contribution in [1.29, 1.82) is 0 Å². The minimum Gasteiger partial charge on any atom is -0.493 e. The van der Waals surface area contributed by atoms with Crippen LogP contribution in [-0.4, -0.2) is 25.5 Å². The van der Waals surface area contributed by atoms with Crippen LogP contribution in [0.25, 0.3) is 0 Å². The summed E-state index contributed by atoms with van der Waals surface area (Å²) in [5, 5.41) is 3.10. The fourth-order valence-electron chi connectivity index (χ4n) is 1.41. The number of benzene rings is 1. The maximum Gasteiger partial charge on any atom is 0.235 e. The molecule has 0 fully saturated rings. The van der Waals surface area contributed by atoms with Crippen molar-refractivity contribution < 1.29 is 14.3 Å². The molecule has 1 N–H and O–H groups in total. The zero-order valence-corrected chi connectivity index (χ0v) is 11.8. The number of rotatable bonds is 6. The van der Waals surface area contributed by atoms with E-state index in [1.54, 1.807) is 12.1 Å². The highest BCUT2D eigenvalue weighted by Crippen LogP contribution is 2.36. The smallest absolute Gasteiger partial charge is 0.235 e. The lowest BCUT2D eigenvalue weighted by atomic mass is 10.2. The van der Waals surface area contributed by atoms with Gasteiger partial charge in [0.1, 0.15) is 5.88 Å². The summed E-state index contributed by atoms with van der Waals surface area (Å²) in [5.41, 5.74) is 0.818. The molecule has 0 spiro atoms. The molecule has 0 saturated carbocycles. The van der Waals surface area contributed by atoms with Gasteiger partial charge >= 0.3 is 0 Å². The molecule has 18 heavy (non-hydrogen) atoms. The van der Waals surface area contributed by atoms with Crippen molar-refractivity contribution >= 4 is 29.1 Å². The molecular formula is C12H15Cl2NO3. The Morgan fingerprint density at radius 2 is 2.17 bits per heavy atom. The summed E-state index contributed by atoms with van der Waals surface area (Å²) in [4.78, 5) is 11.1. The predicted molar refractivity (Wildman–Crippen MR) is 71.7 cm³/mol. The zero-order valence-electron chi connectivity index (χ0n) is 10.3. The van der Waals surface area contributed by atoms with Crippen LogP contribution in [0.4, 0.5) is 0 Å². The highest BCUT2D eigenvalue weighted by atomic mass is 35.5. The molecule has 0 atom stereocenters. The van der Waals surface area contributed by atoms with Gasteiger partial charge in [-0.2, -0.15) is 0 Å². The van der Waals surface area contributed by atoms with Crippen LogP contribution in [0, 0.1) is 0 Å². The number of alkyl halides is 1. The minimum atomic E-state index is -0.236. The van der Waals surface area contributed by atoms with E-state index in [1.165, 1.54) is 7.11 Å². The molecule has 100 valence electrons. The number of methoxy groups -OCH3 is 1. The molecule has 0 bridgehead atoms. The van der Waals surface area contributed by atoms with E-state index in [-0.39, 0.29) is 11.8 Å². The van der Waals surface area contributed by atoms with Crippen LogP contribution >= 0.6 is 23.2 Å². The van der Waals surface area contributed by atoms with E-state index in [0.29, 0.717) is 29.7 Å². The van der Waals surface area contributed by atoms with E-state index in [4.69, 9.17) is 32.7 Å². The van der Waals surface area contributed by atoms with Gasteiger partial charge in [0.15, 0.2) is 11.5 Å². The molecule has 1 aromatic carbocycles. The Balaban J connectivity index is 2.88. The third-order valence-electron chi connectivity index (χ3n) is 2.19. The first kappa shape index (κ1) is 14.9. The molecule has 1 aromatic rings. The SMILES string of the molecule is CCOc1c(Cl)cc(CNC(=O)CCl)cc1OC. The number of amides is 1. The second-order valence-electron chi connectivity index (χ2n) is 3.45. The minimum absolute atomic E-state index is 0.0676. The summed E-state index contributed by atoms with van der Waals surface area (Å²) in [6.45, 7) is 2.71. The molecule has 6 heteroatoms. The summed E-state index contributed by atoms with van der Waals surface area (Å²) >= 11 is 11.5. The Hall–Kier alpha value is -1.13. The predicted octanol–water partition coefficient (Wildman–Crippen LogP) is 2.60. The average molecular weight is 292 g/mol. The number of nitrogens with one attached hydrogen (secondary N) is 1. The van der Waals surface area contributed by atoms with E-state index in [1.807, 2.05) is 6.92 Å². The second kappa shape index (κ2) is 7.34. The van der Waals surface area contributed by atoms with E-state index in [9.17, 15) is 4.79 Å². The van der Waals surface area contributed by atoms with Crippen LogP contribution in [0.15, 0.2) is 12.1 Å². The number of hydrogen-bond acceptors (Lipinski definition) is 3. The van der Waals surface area contributed by atoms with Crippen LogP contribution in [0.5, 0.6) is 11.5 Å². The number of carbonyl (C=O) groups is 1. The van der Waals surface area contributed by atoms with Gasteiger partial charge in [0, 0.05) is 6.54 Å². The maximum atomic E-state index is 11.1. The fraction of sp³-hybridized carbons (Fsp3) is 0.417. The summed E-state index contributed by atoms with van der Waals surface area (Å²) in [6.07, 6.45) is 0. The van der Waals surface area contributed by atoms with Crippen molar-refractivity contribution in [1.82, 2.24) is 5.32 Å². The van der Waals surface area contributed by atoms with Crippen molar-refractivity contribution in [2.45, 2.75) is 13.5 Å². The Morgan fingerprint density at radius 1 is 1.44 bits per heavy atom. The van der Waals surface area contributed by atoms with Gasteiger partial charge < -0.3 is 14.8 Å². The average Bonchev–Trinajstić information content (AvgIpc) is 2.38. The Bertz CT molecular complexity index is 424. The van der Waals surface area contributed by atoms with Crippen LogP contribution in [0.2, 0.25) is 5.02 Å². The zero-order chi connectivity index (χ0) is 13.5. The van der Waals surface area contributed by atoms with E-state index >= 15 is 0 Å². The van der Waals surface area contributed by atoms with Gasteiger partial charge in [0.2, 0.25) is 5.91 Å². The quantitative estimate of drug-likeness (QED) is 0.820. The van der Waals surface area contributed by atoms with E-state index < -0.39 is 0 Å². The summed E-state index contributed by atoms with van der Waals surface area (Å²) in [7, 11) is 1.54. The van der Waals surface area contributed by atoms with Crippen molar-refractivity contribution in [2.75, 3.05) is 19.6 Å². The van der Waals surface area contributed by atoms with Gasteiger partial charge in [-0.25, -0.2) is 0 Å². The van der Waals surface area contributed by atoms with Crippen molar-refractivity contribution in [2.24, 2.45) is 0 Å². The fourth-order valence-corrected chi connectivity index (χ4v) is 1.79. The van der Waals surface area contributed by atoms with Crippen LogP contribution in [0.1, 0.15) is 12.5 Å². The van der Waals surface area contributed by atoms with Crippen LogP contribution in [-0.2, 0) is 11.3 Å². The van der Waals surface area contributed by atoms with Gasteiger partial charge in [-0.05, 0) is 24.6 Å². The monoisotopic (exact) mass is 291 g/mol. The van der Waals surface area contributed by atoms with Gasteiger partial charge in [0.25, 0.3) is 0 Å². The summed E-state index contributed by atoms with van der Waals surface area (Å²) in [6, 6.07) is 3.50. The number of hydrogen-bond donors (Lipinski definition) is 1. The number of carbonyl (C=O) groups excluding carboxylic acids is 1. The second-order valence-corrected chi connectivity index (χ2v) is 4.13. The molecule has 4 nitrogen and oxygen atoms in total. The molecule has 0 aliphatic rings. The Labute approximate surface area is 116 Å². The van der Waals surface area contributed by atoms with Gasteiger partial charge in [0.05, 0.1) is 18.7 Å². The van der Waals surface area contributed by atoms with E-state index in [2.05, 4.69) is 5.32 Å². The third-order valence-corrected chi connectivity index (χ3v) is 2.71. The topological polar surface area (TPSA) is 47.6 Å². The van der Waals surface area contributed by atoms with Gasteiger partial charge in [-0.1, -0.05) is 11.6 Å². The van der Waals surface area contributed by atoms with Crippen LogP contribution < -0.4 is 14.8 Å². The molecule has 0 aromatic heterocycles. The maximum absolute atomic E-state index is 11.1. The Morgan fingerprint density at radius 3 is 2.72 bits per heavy atom. The molecule has 1 amide bonds. The first-order valence-electron chi connectivity index (χ1n) is 5.44. The Kier molecular flexibility index (Phi) is 6.09. The molecular weight excluding hydrogens is 277 g/mol. The lowest BCUT2D eigenvalue weighted by molar-refractivity contribution is -0.118. The molecule has 0 saturated heterocycles. The number of halogens is 2. The first-order chi connectivity index (χ1) is 8.62. The molecule has 0 aliphatic heterocycles. The highest BCUT2D eigenvalue weighted by Gasteiger charge is 2.11. The summed E-state index contributed by atoms with van der Waals surface area (Å²) < 4.78 is 10.6. The van der Waals surface area contributed by atoms with Gasteiger partial charge in [-0.15, -0.1) is 11.6 Å². The molecule has 0 heterocycles. The first-order valence-corrected chi connectivity index (χ1v) is 6.35. The summed E-state index contributed by atoms with van der Waals surface area (Å²) in [5.74, 6) is 0.747. The largest absolute Gasteiger partial charge is 0.493 e. The molecule has 0 radical (unpaired) electrons. The van der Waals surface area contributed by atoms with Crippen LogP contribution in [0.3, 0.4) is 0 Å². The number of ether oxygens (including phenoxy) is 2. The van der Waals surface area contributed by atoms with Crippen molar-refractivity contribution in [3.05, 3.63) is 22.7 Å². The lowest BCUT2D eigenvalue weighted by Crippen LogP contribution is -2.23. The third kappa shape index (κ3) is 3.96. The van der Waals surface area contributed by atoms with Gasteiger partial charge in [-0.3, -0.25) is 4.79 Å². The van der Waals surface area contributed by atoms with E-state index in [0.717, 1.165) is 5.56 Å².